The fraction of sp³-hybridized carbons (Fsp3) is 0.700. The van der Waals surface area contributed by atoms with E-state index in [0.717, 1.165) is 5.57 Å². The minimum Gasteiger partial charge on any atom is -0.399 e. The molecule has 0 radical (unpaired) electrons. The lowest BCUT2D eigenvalue weighted by Gasteiger charge is -2.44. The number of rotatable bonds is 4. The van der Waals surface area contributed by atoms with Crippen LogP contribution in [0.4, 0.5) is 0 Å². The topological polar surface area (TPSA) is 57.1 Å². The predicted molar refractivity (Wildman–Crippen MR) is 100 cm³/mol. The van der Waals surface area contributed by atoms with Gasteiger partial charge in [-0.15, -0.1) is 0 Å². The van der Waals surface area contributed by atoms with Crippen LogP contribution in [0, 0.1) is 10.8 Å². The van der Waals surface area contributed by atoms with Crippen LogP contribution in [0.5, 0.6) is 0 Å². The van der Waals surface area contributed by atoms with Gasteiger partial charge in [0.2, 0.25) is 0 Å². The second kappa shape index (κ2) is 7.04. The molecule has 0 spiro atoms. The van der Waals surface area contributed by atoms with Crippen molar-refractivity contribution in [3.05, 3.63) is 23.3 Å². The molecule has 1 aliphatic rings. The Morgan fingerprint density at radius 1 is 1.04 bits per heavy atom. The molecule has 0 N–H and O–H groups in total. The maximum absolute atomic E-state index is 13.5. The van der Waals surface area contributed by atoms with Gasteiger partial charge in [-0.3, -0.25) is 4.79 Å². The summed E-state index contributed by atoms with van der Waals surface area (Å²) < 4.78 is 0. The van der Waals surface area contributed by atoms with Gasteiger partial charge in [0.25, 0.3) is 0 Å². The Morgan fingerprint density at radius 2 is 1.60 bits per heavy atom. The van der Waals surface area contributed by atoms with E-state index in [9.17, 15) is 4.79 Å². The molecule has 0 aromatic carbocycles. The Balaban J connectivity index is 3.56. The first kappa shape index (κ1) is 21.6. The molecule has 0 amide bonds. The molecule has 1 aliphatic carbocycles. The first-order chi connectivity index (χ1) is 11.1. The van der Waals surface area contributed by atoms with Crippen LogP contribution < -0.4 is 0 Å². The molecule has 0 saturated carbocycles. The van der Waals surface area contributed by atoms with E-state index >= 15 is 0 Å². The molecule has 0 bridgehead atoms. The first-order valence-corrected chi connectivity index (χ1v) is 8.57. The van der Waals surface area contributed by atoms with Gasteiger partial charge in [-0.25, -0.2) is 9.78 Å². The minimum atomic E-state index is -1.26. The quantitative estimate of drug-likeness (QED) is 0.421. The molecule has 0 aliphatic heterocycles. The summed E-state index contributed by atoms with van der Waals surface area (Å²) in [5.74, 6) is -0.0914. The maximum atomic E-state index is 13.5. The Kier molecular flexibility index (Phi) is 6.08. The molecule has 0 heterocycles. The van der Waals surface area contributed by atoms with Gasteiger partial charge in [-0.2, -0.15) is 0 Å². The highest BCUT2D eigenvalue weighted by Gasteiger charge is 2.54. The molecule has 1 rings (SSSR count). The van der Waals surface area contributed by atoms with Crippen molar-refractivity contribution in [2.45, 2.75) is 73.5 Å². The summed E-state index contributed by atoms with van der Waals surface area (Å²) in [6, 6.07) is 0. The van der Waals surface area contributed by atoms with E-state index in [4.69, 9.17) is 14.6 Å². The molecule has 1 unspecified atom stereocenters. The zero-order valence-corrected chi connectivity index (χ0v) is 17.3. The Labute approximate surface area is 152 Å². The number of ketones is 1. The molecule has 0 fully saturated rings. The van der Waals surface area contributed by atoms with Crippen molar-refractivity contribution in [1.82, 2.24) is 0 Å². The van der Waals surface area contributed by atoms with Gasteiger partial charge in [-0.05, 0) is 43.9 Å². The average Bonchev–Trinajstić information content (AvgIpc) is 2.41. The van der Waals surface area contributed by atoms with E-state index in [1.807, 2.05) is 68.4 Å². The predicted octanol–water partition coefficient (Wildman–Crippen LogP) is 4.63. The zero-order valence-electron chi connectivity index (χ0n) is 17.3. The standard InChI is InChI=1S/C20H33NO4/c1-17(2,3)15-11-14(13-21-23-10)12-20(16(15)22,18(4,5)6)25-24-19(7,8)9/h11-13H,1-10H3. The highest BCUT2D eigenvalue weighted by atomic mass is 17.2. The number of hydrogen-bond donors (Lipinski definition) is 0. The molecule has 0 aromatic heterocycles. The van der Waals surface area contributed by atoms with Crippen molar-refractivity contribution < 1.29 is 19.4 Å². The summed E-state index contributed by atoms with van der Waals surface area (Å²) in [4.78, 5) is 29.8. The third kappa shape index (κ3) is 5.02. The maximum Gasteiger partial charge on any atom is 0.199 e. The molecule has 0 saturated heterocycles. The second-order valence-corrected chi connectivity index (χ2v) is 9.46. The summed E-state index contributed by atoms with van der Waals surface area (Å²) in [5.41, 5.74) is -1.27. The fourth-order valence-corrected chi connectivity index (χ4v) is 2.45. The molecule has 5 nitrogen and oxygen atoms in total. The fourth-order valence-electron chi connectivity index (χ4n) is 2.45. The van der Waals surface area contributed by atoms with E-state index < -0.39 is 16.6 Å². The van der Waals surface area contributed by atoms with Crippen LogP contribution >= 0.6 is 0 Å². The summed E-state index contributed by atoms with van der Waals surface area (Å²) in [7, 11) is 1.48. The van der Waals surface area contributed by atoms with E-state index in [2.05, 4.69) is 5.16 Å². The van der Waals surface area contributed by atoms with Gasteiger partial charge >= 0.3 is 0 Å². The van der Waals surface area contributed by atoms with Gasteiger partial charge < -0.3 is 4.84 Å². The van der Waals surface area contributed by atoms with Gasteiger partial charge in [0.05, 0.1) is 11.8 Å². The van der Waals surface area contributed by atoms with Crippen molar-refractivity contribution in [1.29, 1.82) is 0 Å². The SMILES string of the molecule is CON=CC1=CC(OOC(C)(C)C)(C(C)(C)C)C(=O)C(C(C)(C)C)=C1. The highest BCUT2D eigenvalue weighted by molar-refractivity contribution is 6.09. The second-order valence-electron chi connectivity index (χ2n) is 9.46. The molecule has 0 aromatic rings. The average molecular weight is 351 g/mol. The van der Waals surface area contributed by atoms with E-state index in [0.29, 0.717) is 5.57 Å². The van der Waals surface area contributed by atoms with Crippen molar-refractivity contribution in [2.24, 2.45) is 16.0 Å². The van der Waals surface area contributed by atoms with Crippen LogP contribution in [0.25, 0.3) is 0 Å². The van der Waals surface area contributed by atoms with Gasteiger partial charge in [-0.1, -0.05) is 46.7 Å². The lowest BCUT2D eigenvalue weighted by atomic mass is 9.65. The molecule has 1 atom stereocenters. The molecule has 5 heteroatoms. The first-order valence-electron chi connectivity index (χ1n) is 8.57. The van der Waals surface area contributed by atoms with E-state index in [-0.39, 0.29) is 11.2 Å². The summed E-state index contributed by atoms with van der Waals surface area (Å²) >= 11 is 0. The molecular formula is C20H33NO4. The third-order valence-electron chi connectivity index (χ3n) is 3.92. The molecule has 25 heavy (non-hydrogen) atoms. The number of carbonyl (C=O) groups excluding carboxylic acids is 1. The van der Waals surface area contributed by atoms with Crippen LogP contribution in [-0.2, 0) is 19.4 Å². The van der Waals surface area contributed by atoms with Crippen LogP contribution in [-0.4, -0.2) is 30.3 Å². The third-order valence-corrected chi connectivity index (χ3v) is 3.92. The van der Waals surface area contributed by atoms with Crippen LogP contribution in [0.15, 0.2) is 28.5 Å². The van der Waals surface area contributed by atoms with Crippen molar-refractivity contribution in [3.8, 4) is 0 Å². The largest absolute Gasteiger partial charge is 0.399 e. The molecular weight excluding hydrogens is 318 g/mol. The smallest absolute Gasteiger partial charge is 0.199 e. The van der Waals surface area contributed by atoms with Gasteiger partial charge in [0.15, 0.2) is 11.4 Å². The lowest BCUT2D eigenvalue weighted by Crippen LogP contribution is -2.55. The Hall–Kier alpha value is -1.46. The van der Waals surface area contributed by atoms with Crippen LogP contribution in [0.2, 0.25) is 0 Å². The number of nitrogens with zero attached hydrogens (tertiary/aromatic N) is 1. The van der Waals surface area contributed by atoms with Crippen LogP contribution in [0.1, 0.15) is 62.3 Å². The van der Waals surface area contributed by atoms with Gasteiger partial charge in [0, 0.05) is 11.0 Å². The van der Waals surface area contributed by atoms with E-state index in [1.165, 1.54) is 7.11 Å². The number of allylic oxidation sites excluding steroid dienone is 2. The summed E-state index contributed by atoms with van der Waals surface area (Å²) in [5, 5.41) is 3.85. The zero-order chi connectivity index (χ0) is 19.7. The summed E-state index contributed by atoms with van der Waals surface area (Å²) in [6.07, 6.45) is 5.20. The summed E-state index contributed by atoms with van der Waals surface area (Å²) in [6.45, 7) is 17.6. The van der Waals surface area contributed by atoms with Crippen molar-refractivity contribution >= 4 is 12.0 Å². The van der Waals surface area contributed by atoms with Crippen molar-refractivity contribution in [3.63, 3.8) is 0 Å². The van der Waals surface area contributed by atoms with Crippen LogP contribution in [0.3, 0.4) is 0 Å². The molecule has 142 valence electrons. The van der Waals surface area contributed by atoms with E-state index in [1.54, 1.807) is 12.3 Å². The normalized spacial score (nSPS) is 22.9. The van der Waals surface area contributed by atoms with Gasteiger partial charge in [0.1, 0.15) is 7.11 Å². The van der Waals surface area contributed by atoms with Crippen molar-refractivity contribution in [2.75, 3.05) is 7.11 Å². The minimum absolute atomic E-state index is 0.0914. The number of hydrogen-bond acceptors (Lipinski definition) is 5. The number of Topliss-reactive ketones (excluding diaryl/α,β-unsaturated/α-hetero) is 1. The number of carbonyl (C=O) groups is 1. The Bertz CT molecular complexity index is 595. The highest BCUT2D eigenvalue weighted by Crippen LogP contribution is 2.45. The number of oxime groups is 1. The Morgan fingerprint density at radius 3 is 2.00 bits per heavy atom. The lowest BCUT2D eigenvalue weighted by molar-refractivity contribution is -0.397. The monoisotopic (exact) mass is 351 g/mol.